The standard InChI is InChI=1S/C52H33NO2/c1-3-13-34(14-4-1)38-28-32-46(45(33-38)35-15-5-2-6-16-35)53(47-22-12-24-49-50(47)44-31-27-36-17-7-8-18-40(36)52(44)55-49)39-29-25-37(26-30-39)41-20-11-21-43-42-19-9-10-23-48(42)54-51(41)43/h1-33H. The summed E-state index contributed by atoms with van der Waals surface area (Å²) in [5, 5.41) is 6.68. The van der Waals surface area contributed by atoms with E-state index in [1.165, 1.54) is 5.56 Å². The predicted octanol–water partition coefficient (Wildman–Crippen LogP) is 15.1. The van der Waals surface area contributed by atoms with Crippen LogP contribution in [0.5, 0.6) is 0 Å². The van der Waals surface area contributed by atoms with E-state index >= 15 is 0 Å². The highest BCUT2D eigenvalue weighted by molar-refractivity contribution is 6.20. The van der Waals surface area contributed by atoms with Crippen molar-refractivity contribution in [3.8, 4) is 33.4 Å². The van der Waals surface area contributed by atoms with Gasteiger partial charge < -0.3 is 13.7 Å². The Kier molecular flexibility index (Phi) is 7.17. The topological polar surface area (TPSA) is 29.5 Å². The zero-order valence-corrected chi connectivity index (χ0v) is 29.8. The minimum Gasteiger partial charge on any atom is -0.455 e. The van der Waals surface area contributed by atoms with Crippen LogP contribution < -0.4 is 4.90 Å². The fraction of sp³-hybridized carbons (Fsp3) is 0. The molecule has 0 bridgehead atoms. The molecule has 0 spiro atoms. The largest absolute Gasteiger partial charge is 0.455 e. The van der Waals surface area contributed by atoms with Gasteiger partial charge in [0.05, 0.1) is 16.8 Å². The Bertz CT molecular complexity index is 3190. The molecule has 0 radical (unpaired) electrons. The number of hydrogen-bond acceptors (Lipinski definition) is 3. The summed E-state index contributed by atoms with van der Waals surface area (Å²) in [5.41, 5.74) is 13.5. The average Bonchev–Trinajstić information content (AvgIpc) is 3.84. The summed E-state index contributed by atoms with van der Waals surface area (Å²) < 4.78 is 13.2. The third kappa shape index (κ3) is 5.13. The van der Waals surface area contributed by atoms with Gasteiger partial charge in [0.1, 0.15) is 22.3 Å². The van der Waals surface area contributed by atoms with Crippen LogP contribution in [-0.2, 0) is 0 Å². The Morgan fingerprint density at radius 3 is 1.80 bits per heavy atom. The Labute approximate surface area is 317 Å². The fourth-order valence-electron chi connectivity index (χ4n) is 8.28. The van der Waals surface area contributed by atoms with Gasteiger partial charge in [-0.1, -0.05) is 152 Å². The lowest BCUT2D eigenvalue weighted by atomic mass is 9.95. The van der Waals surface area contributed by atoms with Crippen LogP contribution in [0.15, 0.2) is 209 Å². The van der Waals surface area contributed by atoms with Crippen LogP contribution in [0, 0.1) is 0 Å². The molecule has 0 atom stereocenters. The van der Waals surface area contributed by atoms with Crippen LogP contribution in [0.3, 0.4) is 0 Å². The van der Waals surface area contributed by atoms with Crippen molar-refractivity contribution in [2.45, 2.75) is 0 Å². The molecular formula is C52H33NO2. The van der Waals surface area contributed by atoms with E-state index in [4.69, 9.17) is 8.83 Å². The summed E-state index contributed by atoms with van der Waals surface area (Å²) >= 11 is 0. The number of fused-ring (bicyclic) bond motifs is 8. The molecule has 3 heteroatoms. The van der Waals surface area contributed by atoms with E-state index < -0.39 is 0 Å². The summed E-state index contributed by atoms with van der Waals surface area (Å²) in [6.45, 7) is 0. The molecule has 11 rings (SSSR count). The van der Waals surface area contributed by atoms with Crippen molar-refractivity contribution >= 4 is 71.7 Å². The van der Waals surface area contributed by atoms with Crippen molar-refractivity contribution in [3.05, 3.63) is 200 Å². The molecule has 0 saturated heterocycles. The summed E-state index contributed by atoms with van der Waals surface area (Å²) in [7, 11) is 0. The number of anilines is 3. The summed E-state index contributed by atoms with van der Waals surface area (Å²) in [5.74, 6) is 0. The van der Waals surface area contributed by atoms with Crippen LogP contribution in [-0.4, -0.2) is 0 Å². The first kappa shape index (κ1) is 31.2. The third-order valence-corrected chi connectivity index (χ3v) is 10.9. The number of hydrogen-bond donors (Lipinski definition) is 0. The summed E-state index contributed by atoms with van der Waals surface area (Å²) in [6, 6.07) is 70.9. The SMILES string of the molecule is c1ccc(-c2ccc(N(c3ccc(-c4cccc5c4oc4ccccc45)cc3)c3cccc4oc5c6ccccc6ccc5c34)c(-c3ccccc3)c2)cc1. The van der Waals surface area contributed by atoms with E-state index in [1.807, 2.05) is 12.1 Å². The van der Waals surface area contributed by atoms with Crippen LogP contribution in [0.25, 0.3) is 88.0 Å². The minimum absolute atomic E-state index is 0.851. The maximum atomic E-state index is 6.73. The number of benzene rings is 9. The van der Waals surface area contributed by atoms with Crippen molar-refractivity contribution < 1.29 is 8.83 Å². The molecule has 0 fully saturated rings. The van der Waals surface area contributed by atoms with Crippen molar-refractivity contribution in [2.24, 2.45) is 0 Å². The highest BCUT2D eigenvalue weighted by Gasteiger charge is 2.23. The van der Waals surface area contributed by atoms with E-state index in [0.717, 1.165) is 99.5 Å². The molecule has 9 aromatic carbocycles. The lowest BCUT2D eigenvalue weighted by Gasteiger charge is -2.29. The fourth-order valence-corrected chi connectivity index (χ4v) is 8.28. The van der Waals surface area contributed by atoms with E-state index in [1.54, 1.807) is 0 Å². The van der Waals surface area contributed by atoms with Crippen molar-refractivity contribution in [1.29, 1.82) is 0 Å². The third-order valence-electron chi connectivity index (χ3n) is 10.9. The van der Waals surface area contributed by atoms with Crippen LogP contribution in [0.1, 0.15) is 0 Å². The molecular weight excluding hydrogens is 671 g/mol. The molecule has 11 aromatic rings. The van der Waals surface area contributed by atoms with Gasteiger partial charge >= 0.3 is 0 Å². The quantitative estimate of drug-likeness (QED) is 0.173. The van der Waals surface area contributed by atoms with Crippen LogP contribution in [0.4, 0.5) is 17.1 Å². The molecule has 258 valence electrons. The second-order valence-corrected chi connectivity index (χ2v) is 14.0. The number of rotatable bonds is 6. The molecule has 2 aromatic heterocycles. The molecule has 0 unspecified atom stereocenters. The molecule has 2 heterocycles. The van der Waals surface area contributed by atoms with Gasteiger partial charge in [0.25, 0.3) is 0 Å². The van der Waals surface area contributed by atoms with E-state index in [-0.39, 0.29) is 0 Å². The maximum Gasteiger partial charge on any atom is 0.143 e. The second-order valence-electron chi connectivity index (χ2n) is 14.0. The predicted molar refractivity (Wildman–Crippen MR) is 229 cm³/mol. The van der Waals surface area contributed by atoms with Gasteiger partial charge in [-0.2, -0.15) is 0 Å². The first-order valence-electron chi connectivity index (χ1n) is 18.7. The van der Waals surface area contributed by atoms with Gasteiger partial charge in [0.15, 0.2) is 0 Å². The van der Waals surface area contributed by atoms with Crippen LogP contribution in [0.2, 0.25) is 0 Å². The van der Waals surface area contributed by atoms with E-state index in [2.05, 4.69) is 193 Å². The number of para-hydroxylation sites is 2. The first-order chi connectivity index (χ1) is 27.3. The highest BCUT2D eigenvalue weighted by Crippen LogP contribution is 2.48. The normalized spacial score (nSPS) is 11.6. The molecule has 0 aliphatic heterocycles. The van der Waals surface area contributed by atoms with E-state index in [9.17, 15) is 0 Å². The Morgan fingerprint density at radius 2 is 0.964 bits per heavy atom. The van der Waals surface area contributed by atoms with Gasteiger partial charge in [-0.15, -0.1) is 0 Å². The highest BCUT2D eigenvalue weighted by atomic mass is 16.3. The summed E-state index contributed by atoms with van der Waals surface area (Å²) in [4.78, 5) is 2.40. The Morgan fingerprint density at radius 1 is 0.327 bits per heavy atom. The molecule has 0 aliphatic carbocycles. The average molecular weight is 704 g/mol. The van der Waals surface area contributed by atoms with Crippen molar-refractivity contribution in [3.63, 3.8) is 0 Å². The maximum absolute atomic E-state index is 6.73. The van der Waals surface area contributed by atoms with Crippen molar-refractivity contribution in [1.82, 2.24) is 0 Å². The lowest BCUT2D eigenvalue weighted by Crippen LogP contribution is -2.11. The molecule has 3 nitrogen and oxygen atoms in total. The van der Waals surface area contributed by atoms with Gasteiger partial charge in [-0.25, -0.2) is 0 Å². The first-order valence-corrected chi connectivity index (χ1v) is 18.7. The van der Waals surface area contributed by atoms with Crippen LogP contribution >= 0.6 is 0 Å². The molecule has 0 saturated carbocycles. The smallest absolute Gasteiger partial charge is 0.143 e. The van der Waals surface area contributed by atoms with Crippen molar-refractivity contribution in [2.75, 3.05) is 4.90 Å². The Hall–Kier alpha value is -7.36. The lowest BCUT2D eigenvalue weighted by molar-refractivity contribution is 0.670. The molecule has 0 amide bonds. The number of furan rings is 2. The Balaban J connectivity index is 1.16. The zero-order valence-electron chi connectivity index (χ0n) is 29.8. The molecule has 0 aliphatic rings. The second kappa shape index (κ2) is 12.6. The molecule has 55 heavy (non-hydrogen) atoms. The van der Waals surface area contributed by atoms with E-state index in [0.29, 0.717) is 0 Å². The number of nitrogens with zero attached hydrogens (tertiary/aromatic N) is 1. The molecule has 0 N–H and O–H groups in total. The van der Waals surface area contributed by atoms with Gasteiger partial charge in [-0.3, -0.25) is 0 Å². The minimum atomic E-state index is 0.851. The van der Waals surface area contributed by atoms with Gasteiger partial charge in [-0.05, 0) is 76.2 Å². The van der Waals surface area contributed by atoms with Gasteiger partial charge in [0.2, 0.25) is 0 Å². The van der Waals surface area contributed by atoms with Gasteiger partial charge in [0, 0.05) is 38.4 Å². The zero-order chi connectivity index (χ0) is 36.3. The summed E-state index contributed by atoms with van der Waals surface area (Å²) in [6.07, 6.45) is 0. The monoisotopic (exact) mass is 703 g/mol.